The van der Waals surface area contributed by atoms with Crippen LogP contribution >= 0.6 is 0 Å². The molecule has 0 unspecified atom stereocenters. The van der Waals surface area contributed by atoms with Crippen LogP contribution in [0.5, 0.6) is 5.75 Å². The van der Waals surface area contributed by atoms with Gasteiger partial charge in [0.15, 0.2) is 0 Å². The zero-order valence-electron chi connectivity index (χ0n) is 13.2. The maximum atomic E-state index is 13.6. The van der Waals surface area contributed by atoms with Gasteiger partial charge in [0.25, 0.3) is 5.92 Å². The highest BCUT2D eigenvalue weighted by atomic mass is 19.3. The van der Waals surface area contributed by atoms with Crippen LogP contribution in [-0.4, -0.2) is 20.9 Å². The van der Waals surface area contributed by atoms with Crippen molar-refractivity contribution in [2.45, 2.75) is 12.8 Å². The van der Waals surface area contributed by atoms with Crippen molar-refractivity contribution in [2.75, 3.05) is 5.32 Å². The maximum Gasteiger partial charge on any atom is 0.418 e. The molecular weight excluding hydrogens is 330 g/mol. The lowest BCUT2D eigenvalue weighted by molar-refractivity contribution is 0.0124. The number of halogens is 2. The number of para-hydroxylation sites is 1. The number of carbonyl (C=O) groups is 1. The Morgan fingerprint density at radius 3 is 2.60 bits per heavy atom. The Bertz CT molecular complexity index is 861. The van der Waals surface area contributed by atoms with E-state index >= 15 is 0 Å². The van der Waals surface area contributed by atoms with Crippen LogP contribution in [0.1, 0.15) is 12.6 Å². The summed E-state index contributed by atoms with van der Waals surface area (Å²) >= 11 is 0. The molecule has 0 radical (unpaired) electrons. The molecule has 0 bridgehead atoms. The second-order valence-electron chi connectivity index (χ2n) is 5.25. The average Bonchev–Trinajstić information content (AvgIpc) is 3.00. The van der Waals surface area contributed by atoms with Gasteiger partial charge < -0.3 is 4.74 Å². The molecule has 25 heavy (non-hydrogen) atoms. The molecule has 128 valence electrons. The lowest BCUT2D eigenvalue weighted by atomic mass is 10.3. The molecule has 8 heteroatoms. The summed E-state index contributed by atoms with van der Waals surface area (Å²) in [6.45, 7) is 0.731. The summed E-state index contributed by atoms with van der Waals surface area (Å²) in [5.41, 5.74) is -0.0561. The molecule has 6 nitrogen and oxygen atoms in total. The summed E-state index contributed by atoms with van der Waals surface area (Å²) in [5, 5.41) is 6.30. The highest BCUT2D eigenvalue weighted by molar-refractivity contribution is 5.85. The predicted molar refractivity (Wildman–Crippen MR) is 87.0 cm³/mol. The first-order valence-corrected chi connectivity index (χ1v) is 7.36. The second-order valence-corrected chi connectivity index (χ2v) is 5.25. The highest BCUT2D eigenvalue weighted by Gasteiger charge is 2.30. The van der Waals surface area contributed by atoms with Gasteiger partial charge in [-0.2, -0.15) is 13.9 Å². The number of hydrogen-bond donors (Lipinski definition) is 1. The summed E-state index contributed by atoms with van der Waals surface area (Å²) in [4.78, 5) is 16.0. The van der Waals surface area contributed by atoms with Gasteiger partial charge in [-0.25, -0.2) is 9.48 Å². The van der Waals surface area contributed by atoms with Crippen LogP contribution in [0.2, 0.25) is 0 Å². The fourth-order valence-electron chi connectivity index (χ4n) is 2.09. The van der Waals surface area contributed by atoms with Gasteiger partial charge in [0, 0.05) is 19.2 Å². The Hall–Kier alpha value is -3.29. The van der Waals surface area contributed by atoms with Crippen molar-refractivity contribution in [2.24, 2.45) is 0 Å². The number of aromatic nitrogens is 3. The number of nitrogens with one attached hydrogen (secondary N) is 1. The van der Waals surface area contributed by atoms with E-state index in [1.54, 1.807) is 48.7 Å². The van der Waals surface area contributed by atoms with E-state index in [0.29, 0.717) is 11.4 Å². The third-order valence-corrected chi connectivity index (χ3v) is 3.23. The SMILES string of the molecule is CC(F)(F)c1cc(NC(=O)Oc2ccccc2)n(-c2cccnc2)n1. The Morgan fingerprint density at radius 2 is 1.96 bits per heavy atom. The van der Waals surface area contributed by atoms with E-state index < -0.39 is 17.7 Å². The third-order valence-electron chi connectivity index (χ3n) is 3.23. The fourth-order valence-corrected chi connectivity index (χ4v) is 2.09. The van der Waals surface area contributed by atoms with Gasteiger partial charge in [0.05, 0.1) is 11.9 Å². The van der Waals surface area contributed by atoms with Gasteiger partial charge in [-0.15, -0.1) is 0 Å². The first-order chi connectivity index (χ1) is 11.9. The minimum absolute atomic E-state index is 0.0467. The van der Waals surface area contributed by atoms with Gasteiger partial charge in [-0.1, -0.05) is 18.2 Å². The number of alkyl halides is 2. The van der Waals surface area contributed by atoms with Crippen molar-refractivity contribution >= 4 is 11.9 Å². The van der Waals surface area contributed by atoms with Gasteiger partial charge in [0.2, 0.25) is 0 Å². The second kappa shape index (κ2) is 6.68. The van der Waals surface area contributed by atoms with E-state index in [9.17, 15) is 13.6 Å². The average molecular weight is 344 g/mol. The molecule has 2 aromatic heterocycles. The molecule has 1 aromatic carbocycles. The minimum Gasteiger partial charge on any atom is -0.410 e. The Morgan fingerprint density at radius 1 is 1.20 bits per heavy atom. The van der Waals surface area contributed by atoms with Crippen LogP contribution in [0.4, 0.5) is 19.4 Å². The summed E-state index contributed by atoms with van der Waals surface area (Å²) in [6.07, 6.45) is 2.17. The van der Waals surface area contributed by atoms with Crippen LogP contribution in [-0.2, 0) is 5.92 Å². The lowest BCUT2D eigenvalue weighted by Gasteiger charge is -2.09. The predicted octanol–water partition coefficient (Wildman–Crippen LogP) is 3.99. The number of carbonyl (C=O) groups excluding carboxylic acids is 1. The van der Waals surface area contributed by atoms with Crippen molar-refractivity contribution in [3.63, 3.8) is 0 Å². The van der Waals surface area contributed by atoms with Gasteiger partial charge in [-0.05, 0) is 24.3 Å². The van der Waals surface area contributed by atoms with Crippen molar-refractivity contribution in [1.29, 1.82) is 0 Å². The molecule has 0 spiro atoms. The van der Waals surface area contributed by atoms with Crippen LogP contribution in [0.15, 0.2) is 60.9 Å². The van der Waals surface area contributed by atoms with E-state index in [1.807, 2.05) is 0 Å². The van der Waals surface area contributed by atoms with E-state index in [-0.39, 0.29) is 5.82 Å². The molecule has 0 fully saturated rings. The van der Waals surface area contributed by atoms with E-state index in [4.69, 9.17) is 4.74 Å². The number of rotatable bonds is 4. The van der Waals surface area contributed by atoms with Crippen LogP contribution < -0.4 is 10.1 Å². The molecule has 0 saturated heterocycles. The van der Waals surface area contributed by atoms with Gasteiger partial charge >= 0.3 is 6.09 Å². The number of nitrogens with zero attached hydrogens (tertiary/aromatic N) is 3. The molecular formula is C17H14F2N4O2. The van der Waals surface area contributed by atoms with Crippen molar-refractivity contribution in [3.05, 3.63) is 66.6 Å². The number of hydrogen-bond acceptors (Lipinski definition) is 4. The molecule has 3 rings (SSSR count). The number of anilines is 1. The lowest BCUT2D eigenvalue weighted by Crippen LogP contribution is -2.19. The normalized spacial score (nSPS) is 11.2. The monoisotopic (exact) mass is 344 g/mol. The maximum absolute atomic E-state index is 13.6. The van der Waals surface area contributed by atoms with E-state index in [1.165, 1.54) is 10.9 Å². The zero-order valence-corrected chi connectivity index (χ0v) is 13.2. The highest BCUT2D eigenvalue weighted by Crippen LogP contribution is 2.29. The topological polar surface area (TPSA) is 69.0 Å². The van der Waals surface area contributed by atoms with Crippen molar-refractivity contribution in [3.8, 4) is 11.4 Å². The summed E-state index contributed by atoms with van der Waals surface area (Å²) in [7, 11) is 0. The molecule has 0 atom stereocenters. The summed E-state index contributed by atoms with van der Waals surface area (Å²) < 4.78 is 33.5. The van der Waals surface area contributed by atoms with Crippen LogP contribution in [0.3, 0.4) is 0 Å². The quantitative estimate of drug-likeness (QED) is 0.777. The van der Waals surface area contributed by atoms with Gasteiger partial charge in [0.1, 0.15) is 17.3 Å². The Labute approximate surface area is 142 Å². The molecule has 1 N–H and O–H groups in total. The summed E-state index contributed by atoms with van der Waals surface area (Å²) in [6, 6.07) is 12.7. The number of amides is 1. The number of pyridine rings is 1. The third kappa shape index (κ3) is 3.97. The zero-order chi connectivity index (χ0) is 17.9. The number of ether oxygens (including phenoxy) is 1. The minimum atomic E-state index is -3.16. The first-order valence-electron chi connectivity index (χ1n) is 7.36. The number of benzene rings is 1. The largest absolute Gasteiger partial charge is 0.418 e. The van der Waals surface area contributed by atoms with Crippen molar-refractivity contribution < 1.29 is 18.3 Å². The molecule has 2 heterocycles. The smallest absolute Gasteiger partial charge is 0.410 e. The van der Waals surface area contributed by atoms with E-state index in [2.05, 4.69) is 15.4 Å². The first kappa shape index (κ1) is 16.6. The van der Waals surface area contributed by atoms with Crippen molar-refractivity contribution in [1.82, 2.24) is 14.8 Å². The van der Waals surface area contributed by atoms with Crippen LogP contribution in [0, 0.1) is 0 Å². The molecule has 1 amide bonds. The molecule has 0 saturated carbocycles. The molecule has 0 aliphatic rings. The van der Waals surface area contributed by atoms with Crippen LogP contribution in [0.25, 0.3) is 5.69 Å². The standard InChI is InChI=1S/C17H14F2N4O2/c1-17(18,19)14-10-15(23(22-14)12-6-5-9-20-11-12)21-16(24)25-13-7-3-2-4-8-13/h2-11H,1H3,(H,21,24). The molecule has 3 aromatic rings. The fraction of sp³-hybridized carbons (Fsp3) is 0.118. The Kier molecular flexibility index (Phi) is 4.42. The molecule has 0 aliphatic carbocycles. The Balaban J connectivity index is 1.89. The molecule has 0 aliphatic heterocycles. The summed E-state index contributed by atoms with van der Waals surface area (Å²) in [5.74, 6) is -2.79. The van der Waals surface area contributed by atoms with E-state index in [0.717, 1.165) is 13.0 Å². The van der Waals surface area contributed by atoms with Gasteiger partial charge in [-0.3, -0.25) is 10.3 Å².